The highest BCUT2D eigenvalue weighted by molar-refractivity contribution is 9.10. The van der Waals surface area contributed by atoms with Crippen LogP contribution in [0.5, 0.6) is 11.5 Å². The number of hydrogen-bond acceptors (Lipinski definition) is 3. The van der Waals surface area contributed by atoms with Gasteiger partial charge in [-0.1, -0.05) is 18.2 Å². The highest BCUT2D eigenvalue weighted by Gasteiger charge is 2.14. The Morgan fingerprint density at radius 3 is 2.40 bits per heavy atom. The number of benzene rings is 2. The van der Waals surface area contributed by atoms with Gasteiger partial charge in [0, 0.05) is 11.3 Å². The van der Waals surface area contributed by atoms with Crippen molar-refractivity contribution < 1.29 is 14.3 Å². The zero-order valence-electron chi connectivity index (χ0n) is 11.1. The molecule has 2 aromatic carbocycles. The molecule has 0 bridgehead atoms. The first-order chi connectivity index (χ1) is 9.65. The van der Waals surface area contributed by atoms with Crippen LogP contribution in [-0.4, -0.2) is 20.1 Å². The summed E-state index contributed by atoms with van der Waals surface area (Å²) in [6, 6.07) is 12.6. The van der Waals surface area contributed by atoms with E-state index in [-0.39, 0.29) is 5.91 Å². The molecule has 0 spiro atoms. The number of carbonyl (C=O) groups excluding carboxylic acids is 1. The van der Waals surface area contributed by atoms with Gasteiger partial charge in [0.15, 0.2) is 11.5 Å². The number of anilines is 1. The number of amides is 1. The smallest absolute Gasteiger partial charge is 0.255 e. The lowest BCUT2D eigenvalue weighted by Gasteiger charge is -2.12. The Kier molecular flexibility index (Phi) is 4.63. The minimum absolute atomic E-state index is 0.210. The summed E-state index contributed by atoms with van der Waals surface area (Å²) < 4.78 is 11.1. The van der Waals surface area contributed by atoms with Crippen molar-refractivity contribution in [1.82, 2.24) is 0 Å². The maximum Gasteiger partial charge on any atom is 0.255 e. The average Bonchev–Trinajstić information content (AvgIpc) is 2.47. The molecule has 20 heavy (non-hydrogen) atoms. The molecule has 0 saturated carbocycles. The van der Waals surface area contributed by atoms with Crippen LogP contribution in [0.15, 0.2) is 46.9 Å². The molecule has 104 valence electrons. The van der Waals surface area contributed by atoms with Gasteiger partial charge in [-0.3, -0.25) is 4.79 Å². The predicted molar refractivity (Wildman–Crippen MR) is 81.6 cm³/mol. The number of ether oxygens (including phenoxy) is 2. The topological polar surface area (TPSA) is 47.6 Å². The molecule has 0 aliphatic carbocycles. The van der Waals surface area contributed by atoms with Gasteiger partial charge < -0.3 is 14.8 Å². The molecule has 0 heterocycles. The Morgan fingerprint density at radius 1 is 1.10 bits per heavy atom. The average molecular weight is 336 g/mol. The summed E-state index contributed by atoms with van der Waals surface area (Å²) in [7, 11) is 3.08. The van der Waals surface area contributed by atoms with Gasteiger partial charge in [-0.15, -0.1) is 0 Å². The second kappa shape index (κ2) is 6.43. The van der Waals surface area contributed by atoms with E-state index < -0.39 is 0 Å². The van der Waals surface area contributed by atoms with Gasteiger partial charge in [0.05, 0.1) is 18.7 Å². The minimum atomic E-state index is -0.210. The first-order valence-electron chi connectivity index (χ1n) is 5.93. The maximum absolute atomic E-state index is 12.2. The van der Waals surface area contributed by atoms with Crippen molar-refractivity contribution in [1.29, 1.82) is 0 Å². The van der Waals surface area contributed by atoms with Gasteiger partial charge in [0.25, 0.3) is 5.91 Å². The Hall–Kier alpha value is -2.01. The second-order valence-corrected chi connectivity index (χ2v) is 4.87. The third kappa shape index (κ3) is 3.11. The van der Waals surface area contributed by atoms with Gasteiger partial charge in [0.2, 0.25) is 0 Å². The van der Waals surface area contributed by atoms with E-state index in [0.717, 1.165) is 5.69 Å². The molecular weight excluding hydrogens is 322 g/mol. The Labute approximate surface area is 125 Å². The minimum Gasteiger partial charge on any atom is -0.493 e. The number of carbonyl (C=O) groups is 1. The fourth-order valence-electron chi connectivity index (χ4n) is 1.77. The third-order valence-electron chi connectivity index (χ3n) is 2.73. The molecule has 0 aromatic heterocycles. The molecule has 5 heteroatoms. The molecule has 0 aliphatic rings. The summed E-state index contributed by atoms with van der Waals surface area (Å²) in [6.45, 7) is 0. The molecule has 2 aromatic rings. The summed E-state index contributed by atoms with van der Waals surface area (Å²) in [5, 5.41) is 2.82. The standard InChI is InChI=1S/C15H14BrNO3/c1-19-13-9-10(8-12(16)14(13)20-2)15(18)17-11-6-4-3-5-7-11/h3-9H,1-2H3,(H,17,18). The second-order valence-electron chi connectivity index (χ2n) is 4.01. The van der Waals surface area contributed by atoms with E-state index in [1.165, 1.54) is 7.11 Å². The first kappa shape index (κ1) is 14.4. The molecule has 0 aliphatic heterocycles. The van der Waals surface area contributed by atoms with Crippen LogP contribution in [0, 0.1) is 0 Å². The molecule has 1 amide bonds. The Morgan fingerprint density at radius 2 is 1.80 bits per heavy atom. The monoisotopic (exact) mass is 335 g/mol. The number of para-hydroxylation sites is 1. The van der Waals surface area contributed by atoms with Gasteiger partial charge in [-0.05, 0) is 40.2 Å². The predicted octanol–water partition coefficient (Wildman–Crippen LogP) is 3.72. The zero-order valence-corrected chi connectivity index (χ0v) is 12.7. The van der Waals surface area contributed by atoms with Crippen LogP contribution in [0.2, 0.25) is 0 Å². The number of nitrogens with one attached hydrogen (secondary N) is 1. The summed E-state index contributed by atoms with van der Waals surface area (Å²) in [6.07, 6.45) is 0. The van der Waals surface area contributed by atoms with Crippen molar-refractivity contribution in [2.45, 2.75) is 0 Å². The van der Waals surface area contributed by atoms with Gasteiger partial charge in [0.1, 0.15) is 0 Å². The lowest BCUT2D eigenvalue weighted by Crippen LogP contribution is -2.12. The van der Waals surface area contributed by atoms with Gasteiger partial charge >= 0.3 is 0 Å². The van der Waals surface area contributed by atoms with E-state index in [4.69, 9.17) is 9.47 Å². The quantitative estimate of drug-likeness (QED) is 0.926. The van der Waals surface area contributed by atoms with Crippen molar-refractivity contribution in [3.63, 3.8) is 0 Å². The van der Waals surface area contributed by atoms with E-state index in [1.807, 2.05) is 30.3 Å². The largest absolute Gasteiger partial charge is 0.493 e. The molecular formula is C15H14BrNO3. The molecule has 0 radical (unpaired) electrons. The summed E-state index contributed by atoms with van der Waals surface area (Å²) >= 11 is 3.37. The first-order valence-corrected chi connectivity index (χ1v) is 6.73. The van der Waals surface area contributed by atoms with E-state index in [9.17, 15) is 4.79 Å². The van der Waals surface area contributed by atoms with Crippen LogP contribution in [0.4, 0.5) is 5.69 Å². The summed E-state index contributed by atoms with van der Waals surface area (Å²) in [5.74, 6) is 0.849. The number of hydrogen-bond donors (Lipinski definition) is 1. The molecule has 0 saturated heterocycles. The molecule has 0 unspecified atom stereocenters. The fraction of sp³-hybridized carbons (Fsp3) is 0.133. The third-order valence-corrected chi connectivity index (χ3v) is 3.32. The van der Waals surface area contributed by atoms with Crippen LogP contribution in [0.1, 0.15) is 10.4 Å². The van der Waals surface area contributed by atoms with Crippen LogP contribution in [0.25, 0.3) is 0 Å². The van der Waals surface area contributed by atoms with Crippen molar-refractivity contribution in [2.75, 3.05) is 19.5 Å². The van der Waals surface area contributed by atoms with Crippen LogP contribution in [-0.2, 0) is 0 Å². The molecule has 4 nitrogen and oxygen atoms in total. The lowest BCUT2D eigenvalue weighted by molar-refractivity contribution is 0.102. The van der Waals surface area contributed by atoms with E-state index in [2.05, 4.69) is 21.2 Å². The molecule has 0 atom stereocenters. The van der Waals surface area contributed by atoms with Gasteiger partial charge in [-0.25, -0.2) is 0 Å². The normalized spacial score (nSPS) is 9.95. The van der Waals surface area contributed by atoms with Crippen molar-refractivity contribution in [2.24, 2.45) is 0 Å². The fourth-order valence-corrected chi connectivity index (χ4v) is 2.38. The van der Waals surface area contributed by atoms with Crippen LogP contribution >= 0.6 is 15.9 Å². The number of methoxy groups -OCH3 is 2. The SMILES string of the molecule is COc1cc(C(=O)Nc2ccccc2)cc(Br)c1OC. The highest BCUT2D eigenvalue weighted by Crippen LogP contribution is 2.36. The molecule has 1 N–H and O–H groups in total. The molecule has 0 fully saturated rings. The van der Waals surface area contributed by atoms with E-state index in [1.54, 1.807) is 19.2 Å². The number of rotatable bonds is 4. The Bertz CT molecular complexity index is 614. The van der Waals surface area contributed by atoms with Crippen LogP contribution < -0.4 is 14.8 Å². The van der Waals surface area contributed by atoms with E-state index in [0.29, 0.717) is 21.5 Å². The lowest BCUT2D eigenvalue weighted by atomic mass is 10.2. The zero-order chi connectivity index (χ0) is 14.5. The van der Waals surface area contributed by atoms with Gasteiger partial charge in [-0.2, -0.15) is 0 Å². The number of halogens is 1. The highest BCUT2D eigenvalue weighted by atomic mass is 79.9. The summed E-state index contributed by atoms with van der Waals surface area (Å²) in [4.78, 5) is 12.2. The maximum atomic E-state index is 12.2. The van der Waals surface area contributed by atoms with Crippen molar-refractivity contribution >= 4 is 27.5 Å². The summed E-state index contributed by atoms with van der Waals surface area (Å²) in [5.41, 5.74) is 1.22. The van der Waals surface area contributed by atoms with E-state index >= 15 is 0 Å². The molecule has 2 rings (SSSR count). The van der Waals surface area contributed by atoms with Crippen LogP contribution in [0.3, 0.4) is 0 Å². The van der Waals surface area contributed by atoms with Crippen molar-refractivity contribution in [3.8, 4) is 11.5 Å². The Balaban J connectivity index is 2.29. The van der Waals surface area contributed by atoms with Crippen molar-refractivity contribution in [3.05, 3.63) is 52.5 Å².